The minimum absolute atomic E-state index is 0.204. The van der Waals surface area contributed by atoms with Gasteiger partial charge >= 0.3 is 5.97 Å². The Hall–Kier alpha value is -0.570. The largest absolute Gasteiger partial charge is 0.458 e. The molecular weight excluding hydrogens is 216 g/mol. The van der Waals surface area contributed by atoms with E-state index in [4.69, 9.17) is 16.3 Å². The molecule has 0 aromatic heterocycles. The topological polar surface area (TPSA) is 43.4 Å². The fraction of sp³-hybridized carbons (Fsp3) is 0.818. The highest BCUT2D eigenvalue weighted by Gasteiger charge is 2.47. The maximum Gasteiger partial charge on any atom is 0.335 e. The number of hydrogen-bond donors (Lipinski definition) is 0. The average molecular weight is 233 g/mol. The summed E-state index contributed by atoms with van der Waals surface area (Å²) in [5, 5.41) is 0. The first-order valence-corrected chi connectivity index (χ1v) is 5.59. The summed E-state index contributed by atoms with van der Waals surface area (Å²) in [6.45, 7) is 5.29. The molecule has 0 saturated heterocycles. The van der Waals surface area contributed by atoms with Crippen LogP contribution in [0.1, 0.15) is 46.5 Å². The number of Topliss-reactive ketones (excluding diaryl/α,β-unsaturated/α-hetero) is 1. The Morgan fingerprint density at radius 2 is 2.00 bits per heavy atom. The zero-order valence-corrected chi connectivity index (χ0v) is 10.2. The monoisotopic (exact) mass is 232 g/mol. The predicted octanol–water partition coefficient (Wildman–Crippen LogP) is 2.45. The van der Waals surface area contributed by atoms with Crippen LogP contribution in [0.15, 0.2) is 0 Å². The molecule has 1 aliphatic rings. The molecule has 3 nitrogen and oxygen atoms in total. The number of ether oxygens (including phenoxy) is 1. The second-order valence-electron chi connectivity index (χ2n) is 4.93. The first kappa shape index (κ1) is 12.5. The van der Waals surface area contributed by atoms with Crippen molar-refractivity contribution in [2.45, 2.75) is 56.9 Å². The van der Waals surface area contributed by atoms with E-state index in [1.807, 2.05) is 0 Å². The summed E-state index contributed by atoms with van der Waals surface area (Å²) in [6.07, 6.45) is 2.38. The molecule has 1 atom stereocenters. The molecule has 0 spiro atoms. The zero-order valence-electron chi connectivity index (χ0n) is 9.43. The molecule has 15 heavy (non-hydrogen) atoms. The summed E-state index contributed by atoms with van der Waals surface area (Å²) in [7, 11) is 0. The maximum absolute atomic E-state index is 11.8. The van der Waals surface area contributed by atoms with Gasteiger partial charge in [-0.25, -0.2) is 4.79 Å². The van der Waals surface area contributed by atoms with Crippen molar-refractivity contribution < 1.29 is 14.3 Å². The van der Waals surface area contributed by atoms with Gasteiger partial charge in [-0.1, -0.05) is 18.0 Å². The van der Waals surface area contributed by atoms with Crippen LogP contribution in [0.5, 0.6) is 0 Å². The van der Waals surface area contributed by atoms with Gasteiger partial charge in [0.25, 0.3) is 0 Å². The number of hydrogen-bond acceptors (Lipinski definition) is 3. The lowest BCUT2D eigenvalue weighted by molar-refractivity contribution is -0.161. The Morgan fingerprint density at radius 3 is 2.47 bits per heavy atom. The van der Waals surface area contributed by atoms with Gasteiger partial charge in [0.1, 0.15) is 5.60 Å². The molecule has 4 heteroatoms. The fourth-order valence-corrected chi connectivity index (χ4v) is 1.83. The highest BCUT2D eigenvalue weighted by atomic mass is 35.5. The number of ketones is 1. The van der Waals surface area contributed by atoms with Crippen LogP contribution < -0.4 is 0 Å². The summed E-state index contributed by atoms with van der Waals surface area (Å²) in [5.41, 5.74) is -0.600. The van der Waals surface area contributed by atoms with Crippen molar-refractivity contribution in [3.8, 4) is 0 Å². The van der Waals surface area contributed by atoms with Gasteiger partial charge in [0.2, 0.25) is 0 Å². The SMILES string of the molecule is CC(C)(C)OC(=O)[C@]1(Cl)CCCCC1=O. The molecule has 0 heterocycles. The van der Waals surface area contributed by atoms with E-state index in [9.17, 15) is 9.59 Å². The van der Waals surface area contributed by atoms with E-state index in [1.165, 1.54) is 0 Å². The zero-order chi connectivity index (χ0) is 11.7. The molecule has 0 N–H and O–H groups in total. The van der Waals surface area contributed by atoms with Crippen molar-refractivity contribution in [2.24, 2.45) is 0 Å². The number of halogens is 1. The average Bonchev–Trinajstić information content (AvgIpc) is 2.07. The third-order valence-corrected chi connectivity index (χ3v) is 2.89. The normalized spacial score (nSPS) is 27.6. The molecule has 1 saturated carbocycles. The second kappa shape index (κ2) is 4.12. The number of alkyl halides is 1. The van der Waals surface area contributed by atoms with Crippen LogP contribution in [0.2, 0.25) is 0 Å². The summed E-state index contributed by atoms with van der Waals surface area (Å²) in [6, 6.07) is 0. The summed E-state index contributed by atoms with van der Waals surface area (Å²) in [4.78, 5) is 22.0. The van der Waals surface area contributed by atoms with Crippen LogP contribution >= 0.6 is 11.6 Å². The fourth-order valence-electron chi connectivity index (χ4n) is 1.57. The molecule has 0 amide bonds. The Balaban J connectivity index is 2.76. The Labute approximate surface area is 95.1 Å². The molecular formula is C11H17ClO3. The second-order valence-corrected chi connectivity index (χ2v) is 5.58. The van der Waals surface area contributed by atoms with Crippen LogP contribution in [-0.2, 0) is 14.3 Å². The highest BCUT2D eigenvalue weighted by molar-refractivity contribution is 6.45. The predicted molar refractivity (Wildman–Crippen MR) is 57.9 cm³/mol. The third-order valence-electron chi connectivity index (χ3n) is 2.34. The Kier molecular flexibility index (Phi) is 3.44. The number of esters is 1. The number of rotatable bonds is 1. The van der Waals surface area contributed by atoms with Gasteiger partial charge in [0.15, 0.2) is 10.7 Å². The van der Waals surface area contributed by atoms with Gasteiger partial charge in [-0.3, -0.25) is 4.79 Å². The molecule has 0 unspecified atom stereocenters. The molecule has 86 valence electrons. The van der Waals surface area contributed by atoms with E-state index in [1.54, 1.807) is 20.8 Å². The van der Waals surface area contributed by atoms with Crippen molar-refractivity contribution in [3.05, 3.63) is 0 Å². The first-order chi connectivity index (χ1) is 6.76. The van der Waals surface area contributed by atoms with Gasteiger partial charge in [-0.05, 0) is 33.6 Å². The van der Waals surface area contributed by atoms with E-state index in [-0.39, 0.29) is 5.78 Å². The van der Waals surface area contributed by atoms with Crippen LogP contribution in [-0.4, -0.2) is 22.2 Å². The number of carbonyl (C=O) groups is 2. The number of carbonyl (C=O) groups excluding carboxylic acids is 2. The van der Waals surface area contributed by atoms with E-state index >= 15 is 0 Å². The minimum Gasteiger partial charge on any atom is -0.458 e. The van der Waals surface area contributed by atoms with Crippen LogP contribution in [0.3, 0.4) is 0 Å². The standard InChI is InChI=1S/C11H17ClO3/c1-10(2,3)15-9(14)11(12)7-5-4-6-8(11)13/h4-7H2,1-3H3/t11-/m0/s1. The van der Waals surface area contributed by atoms with Gasteiger partial charge in [0.05, 0.1) is 0 Å². The summed E-state index contributed by atoms with van der Waals surface area (Å²) < 4.78 is 5.16. The molecule has 1 rings (SSSR count). The molecule has 0 radical (unpaired) electrons. The van der Waals surface area contributed by atoms with Crippen molar-refractivity contribution in [1.82, 2.24) is 0 Å². The van der Waals surface area contributed by atoms with E-state index in [2.05, 4.69) is 0 Å². The lowest BCUT2D eigenvalue weighted by Crippen LogP contribution is -2.47. The maximum atomic E-state index is 11.8. The van der Waals surface area contributed by atoms with Gasteiger partial charge in [-0.2, -0.15) is 0 Å². The summed E-state index contributed by atoms with van der Waals surface area (Å²) in [5.74, 6) is -0.800. The Bertz CT molecular complexity index is 280. The molecule has 0 bridgehead atoms. The van der Waals surface area contributed by atoms with E-state index < -0.39 is 16.4 Å². The van der Waals surface area contributed by atoms with E-state index in [0.717, 1.165) is 12.8 Å². The molecule has 0 aromatic rings. The van der Waals surface area contributed by atoms with Gasteiger partial charge in [0, 0.05) is 6.42 Å². The molecule has 0 aromatic carbocycles. The first-order valence-electron chi connectivity index (χ1n) is 5.21. The Morgan fingerprint density at radius 1 is 1.40 bits per heavy atom. The van der Waals surface area contributed by atoms with Crippen LogP contribution in [0.4, 0.5) is 0 Å². The van der Waals surface area contributed by atoms with Gasteiger partial charge < -0.3 is 4.74 Å². The van der Waals surface area contributed by atoms with Crippen LogP contribution in [0, 0.1) is 0 Å². The summed E-state index contributed by atoms with van der Waals surface area (Å²) >= 11 is 6.06. The molecule has 1 fully saturated rings. The lowest BCUT2D eigenvalue weighted by atomic mass is 9.87. The van der Waals surface area contributed by atoms with Gasteiger partial charge in [-0.15, -0.1) is 0 Å². The van der Waals surface area contributed by atoms with Crippen molar-refractivity contribution in [3.63, 3.8) is 0 Å². The third kappa shape index (κ3) is 2.94. The van der Waals surface area contributed by atoms with Crippen molar-refractivity contribution in [2.75, 3.05) is 0 Å². The lowest BCUT2D eigenvalue weighted by Gasteiger charge is -2.30. The minimum atomic E-state index is -1.43. The highest BCUT2D eigenvalue weighted by Crippen LogP contribution is 2.33. The quantitative estimate of drug-likeness (QED) is 0.396. The van der Waals surface area contributed by atoms with Crippen molar-refractivity contribution in [1.29, 1.82) is 0 Å². The smallest absolute Gasteiger partial charge is 0.335 e. The molecule has 0 aliphatic heterocycles. The van der Waals surface area contributed by atoms with Crippen LogP contribution in [0.25, 0.3) is 0 Å². The van der Waals surface area contributed by atoms with E-state index in [0.29, 0.717) is 12.8 Å². The molecule has 1 aliphatic carbocycles. The van der Waals surface area contributed by atoms with Crippen molar-refractivity contribution >= 4 is 23.4 Å².